The number of benzene rings is 3. The summed E-state index contributed by atoms with van der Waals surface area (Å²) >= 11 is 0. The first kappa shape index (κ1) is 29.2. The molecular weight excluding hydrogens is 533 g/mol. The number of likely N-dealkylation sites (tertiary alicyclic amines) is 1. The van der Waals surface area contributed by atoms with Crippen LogP contribution in [0, 0.1) is 5.82 Å². The summed E-state index contributed by atoms with van der Waals surface area (Å²) in [4.78, 5) is 28.6. The van der Waals surface area contributed by atoms with E-state index in [2.05, 4.69) is 4.90 Å². The lowest BCUT2D eigenvalue weighted by Gasteiger charge is -2.31. The van der Waals surface area contributed by atoms with Crippen molar-refractivity contribution in [3.05, 3.63) is 95.8 Å². The molecule has 0 bridgehead atoms. The number of aliphatic carboxylic acids is 1. The van der Waals surface area contributed by atoms with E-state index in [0.717, 1.165) is 50.0 Å². The molecule has 0 aromatic heterocycles. The Kier molecular flexibility index (Phi) is 9.54. The molecule has 10 heteroatoms. The minimum atomic E-state index is -4.01. The van der Waals surface area contributed by atoms with Crippen LogP contribution in [0.2, 0.25) is 0 Å². The summed E-state index contributed by atoms with van der Waals surface area (Å²) < 4.78 is 42.0. The molecule has 0 aliphatic carbocycles. The third-order valence-corrected chi connectivity index (χ3v) is 9.06. The lowest BCUT2D eigenvalue weighted by atomic mass is 10.0. The molecule has 3 aromatic carbocycles. The molecule has 1 heterocycles. The average Bonchev–Trinajstić information content (AvgIpc) is 2.96. The van der Waals surface area contributed by atoms with Gasteiger partial charge in [-0.05, 0) is 80.0 Å². The van der Waals surface area contributed by atoms with Gasteiger partial charge in [0.05, 0.1) is 10.6 Å². The molecular formula is C30H34FN3O5S. The van der Waals surface area contributed by atoms with Gasteiger partial charge < -0.3 is 14.9 Å². The number of halogens is 1. The van der Waals surface area contributed by atoms with Crippen molar-refractivity contribution in [1.82, 2.24) is 9.80 Å². The number of nitrogens with zero attached hydrogens (tertiary/aromatic N) is 3. The van der Waals surface area contributed by atoms with Gasteiger partial charge in [0.15, 0.2) is 0 Å². The molecule has 1 saturated heterocycles. The summed E-state index contributed by atoms with van der Waals surface area (Å²) in [6.45, 7) is 2.52. The van der Waals surface area contributed by atoms with Crippen LogP contribution in [0.3, 0.4) is 0 Å². The first-order chi connectivity index (χ1) is 19.2. The number of hydrogen-bond acceptors (Lipinski definition) is 5. The number of carbonyl (C=O) groups excluding carboxylic acids is 1. The van der Waals surface area contributed by atoms with Crippen LogP contribution in [0.25, 0.3) is 0 Å². The number of amides is 1. The second-order valence-electron chi connectivity index (χ2n) is 9.94. The third kappa shape index (κ3) is 7.05. The summed E-state index contributed by atoms with van der Waals surface area (Å²) in [7, 11) is -2.57. The average molecular weight is 568 g/mol. The van der Waals surface area contributed by atoms with Crippen molar-refractivity contribution in [1.29, 1.82) is 0 Å². The zero-order chi connectivity index (χ0) is 28.7. The molecule has 212 valence electrons. The fourth-order valence-corrected chi connectivity index (χ4v) is 6.34. The Morgan fingerprint density at radius 1 is 0.925 bits per heavy atom. The maximum Gasteiger partial charge on any atom is 0.326 e. The molecule has 1 aliphatic heterocycles. The Labute approximate surface area is 234 Å². The predicted molar refractivity (Wildman–Crippen MR) is 151 cm³/mol. The standard InChI is InChI=1S/C30H34FN3O5S/c1-32(28(30(36)37)22-23-8-4-2-5-9-23)29(35)24-10-14-26(15-11-24)34(21-20-33-18-6-3-7-19-33)40(38,39)27-16-12-25(31)13-17-27/h2,4-5,8-17,28H,3,6-7,18-22H2,1H3,(H,36,37)/t28-/m0/s1. The normalized spacial score (nSPS) is 14.8. The van der Waals surface area contributed by atoms with Crippen molar-refractivity contribution >= 4 is 27.6 Å². The van der Waals surface area contributed by atoms with Crippen molar-refractivity contribution < 1.29 is 27.5 Å². The number of rotatable bonds is 11. The fourth-order valence-electron chi connectivity index (χ4n) is 4.88. The van der Waals surface area contributed by atoms with Gasteiger partial charge in [-0.3, -0.25) is 9.10 Å². The number of carboxylic acids is 1. The molecule has 0 saturated carbocycles. The van der Waals surface area contributed by atoms with Crippen molar-refractivity contribution in [2.24, 2.45) is 0 Å². The number of hydrogen-bond donors (Lipinski definition) is 1. The Morgan fingerprint density at radius 3 is 2.15 bits per heavy atom. The maximum atomic E-state index is 13.6. The molecule has 1 N–H and O–H groups in total. The van der Waals surface area contributed by atoms with E-state index in [9.17, 15) is 27.5 Å². The monoisotopic (exact) mass is 567 g/mol. The number of carboxylic acid groups (broad SMARTS) is 1. The first-order valence-corrected chi connectivity index (χ1v) is 14.8. The number of anilines is 1. The molecule has 0 spiro atoms. The Hall–Kier alpha value is -3.76. The van der Waals surface area contributed by atoms with Gasteiger partial charge in [0.25, 0.3) is 15.9 Å². The lowest BCUT2D eigenvalue weighted by molar-refractivity contribution is -0.141. The number of likely N-dealkylation sites (N-methyl/N-ethyl adjacent to an activating group) is 1. The van der Waals surface area contributed by atoms with Gasteiger partial charge in [0.1, 0.15) is 11.9 Å². The van der Waals surface area contributed by atoms with Crippen molar-refractivity contribution in [3.63, 3.8) is 0 Å². The van der Waals surface area contributed by atoms with E-state index in [-0.39, 0.29) is 23.4 Å². The molecule has 1 atom stereocenters. The van der Waals surface area contributed by atoms with Crippen LogP contribution in [0.1, 0.15) is 35.2 Å². The molecule has 1 fully saturated rings. The molecule has 1 amide bonds. The van der Waals surface area contributed by atoms with Crippen LogP contribution < -0.4 is 4.31 Å². The minimum Gasteiger partial charge on any atom is -0.480 e. The summed E-state index contributed by atoms with van der Waals surface area (Å²) in [5, 5.41) is 9.80. The van der Waals surface area contributed by atoms with E-state index in [0.29, 0.717) is 12.2 Å². The minimum absolute atomic E-state index is 0.0300. The van der Waals surface area contributed by atoms with Gasteiger partial charge >= 0.3 is 5.97 Å². The molecule has 4 rings (SSSR count). The van der Waals surface area contributed by atoms with E-state index in [1.54, 1.807) is 12.1 Å². The van der Waals surface area contributed by atoms with E-state index >= 15 is 0 Å². The van der Waals surface area contributed by atoms with Gasteiger partial charge in [0, 0.05) is 32.1 Å². The fraction of sp³-hybridized carbons (Fsp3) is 0.333. The largest absolute Gasteiger partial charge is 0.480 e. The highest BCUT2D eigenvalue weighted by molar-refractivity contribution is 7.92. The second kappa shape index (κ2) is 13.1. The number of piperidine rings is 1. The zero-order valence-corrected chi connectivity index (χ0v) is 23.3. The molecule has 1 aliphatic rings. The van der Waals surface area contributed by atoms with Crippen LogP contribution in [0.15, 0.2) is 83.8 Å². The number of sulfonamides is 1. The predicted octanol–water partition coefficient (Wildman–Crippen LogP) is 4.27. The topological polar surface area (TPSA) is 98.2 Å². The highest BCUT2D eigenvalue weighted by Crippen LogP contribution is 2.25. The van der Waals surface area contributed by atoms with E-state index in [1.807, 2.05) is 30.3 Å². The van der Waals surface area contributed by atoms with Crippen LogP contribution in [-0.4, -0.2) is 74.5 Å². The van der Waals surface area contributed by atoms with Crippen LogP contribution in [0.5, 0.6) is 0 Å². The Morgan fingerprint density at radius 2 is 1.55 bits per heavy atom. The quantitative estimate of drug-likeness (QED) is 0.372. The summed E-state index contributed by atoms with van der Waals surface area (Å²) in [5.74, 6) is -2.14. The van der Waals surface area contributed by atoms with Crippen LogP contribution in [0.4, 0.5) is 10.1 Å². The van der Waals surface area contributed by atoms with Gasteiger partial charge in [-0.1, -0.05) is 36.8 Å². The van der Waals surface area contributed by atoms with Gasteiger partial charge in [-0.2, -0.15) is 0 Å². The second-order valence-corrected chi connectivity index (χ2v) is 11.8. The molecule has 8 nitrogen and oxygen atoms in total. The SMILES string of the molecule is CN(C(=O)c1ccc(N(CCN2CCCCC2)S(=O)(=O)c2ccc(F)cc2)cc1)[C@@H](Cc1ccccc1)C(=O)O. The smallest absolute Gasteiger partial charge is 0.326 e. The highest BCUT2D eigenvalue weighted by Gasteiger charge is 2.29. The molecule has 3 aromatic rings. The first-order valence-electron chi connectivity index (χ1n) is 13.3. The molecule has 0 radical (unpaired) electrons. The highest BCUT2D eigenvalue weighted by atomic mass is 32.2. The summed E-state index contributed by atoms with van der Waals surface area (Å²) in [5.41, 5.74) is 1.39. The van der Waals surface area contributed by atoms with E-state index < -0.39 is 33.8 Å². The van der Waals surface area contributed by atoms with E-state index in [4.69, 9.17) is 0 Å². The molecule has 0 unspecified atom stereocenters. The van der Waals surface area contributed by atoms with Crippen molar-refractivity contribution in [3.8, 4) is 0 Å². The number of carbonyl (C=O) groups is 2. The van der Waals surface area contributed by atoms with E-state index in [1.165, 1.54) is 40.5 Å². The summed E-state index contributed by atoms with van der Waals surface area (Å²) in [6, 6.07) is 18.8. The van der Waals surface area contributed by atoms with Gasteiger partial charge in [-0.15, -0.1) is 0 Å². The maximum absolute atomic E-state index is 13.6. The lowest BCUT2D eigenvalue weighted by Crippen LogP contribution is -2.44. The van der Waals surface area contributed by atoms with Crippen molar-refractivity contribution in [2.45, 2.75) is 36.6 Å². The van der Waals surface area contributed by atoms with Crippen LogP contribution in [-0.2, 0) is 21.2 Å². The Balaban J connectivity index is 1.57. The summed E-state index contributed by atoms with van der Waals surface area (Å²) in [6.07, 6.45) is 3.44. The van der Waals surface area contributed by atoms with Gasteiger partial charge in [0.2, 0.25) is 0 Å². The Bertz CT molecular complexity index is 1390. The zero-order valence-electron chi connectivity index (χ0n) is 22.4. The van der Waals surface area contributed by atoms with Crippen LogP contribution >= 0.6 is 0 Å². The van der Waals surface area contributed by atoms with Crippen molar-refractivity contribution in [2.75, 3.05) is 37.5 Å². The molecule has 40 heavy (non-hydrogen) atoms. The van der Waals surface area contributed by atoms with Gasteiger partial charge in [-0.25, -0.2) is 17.6 Å². The third-order valence-electron chi connectivity index (χ3n) is 7.22.